The zero-order valence-corrected chi connectivity index (χ0v) is 11.2. The number of benzene rings is 1. The van der Waals surface area contributed by atoms with Gasteiger partial charge in [0.2, 0.25) is 0 Å². The van der Waals surface area contributed by atoms with Gasteiger partial charge in [0.05, 0.1) is 0 Å². The van der Waals surface area contributed by atoms with Gasteiger partial charge in [0, 0.05) is 24.7 Å². The lowest BCUT2D eigenvalue weighted by Gasteiger charge is -2.18. The lowest BCUT2D eigenvalue weighted by atomic mass is 9.92. The molecule has 0 atom stereocenters. The molecule has 0 radical (unpaired) electrons. The van der Waals surface area contributed by atoms with Crippen LogP contribution in [0.1, 0.15) is 27.2 Å². The lowest BCUT2D eigenvalue weighted by molar-refractivity contribution is 0.301. The molecule has 0 fully saturated rings. The molecular formula is C14H21F2NO. The van der Waals surface area contributed by atoms with Crippen LogP contribution in [0.3, 0.4) is 0 Å². The van der Waals surface area contributed by atoms with E-state index in [0.717, 1.165) is 19.0 Å². The van der Waals surface area contributed by atoms with Gasteiger partial charge in [-0.3, -0.25) is 0 Å². The third kappa shape index (κ3) is 6.55. The summed E-state index contributed by atoms with van der Waals surface area (Å²) in [5, 5.41) is 3.23. The van der Waals surface area contributed by atoms with Gasteiger partial charge in [-0.1, -0.05) is 20.8 Å². The molecule has 0 bridgehead atoms. The highest BCUT2D eigenvalue weighted by Gasteiger charge is 2.08. The largest absolute Gasteiger partial charge is 0.492 e. The molecule has 1 rings (SSSR count). The average Bonchev–Trinajstić information content (AvgIpc) is 2.20. The highest BCUT2D eigenvalue weighted by Crippen LogP contribution is 2.17. The second kappa shape index (κ2) is 6.69. The number of ether oxygens (including phenoxy) is 1. The molecule has 18 heavy (non-hydrogen) atoms. The molecule has 0 saturated heterocycles. The fourth-order valence-electron chi connectivity index (χ4n) is 1.44. The van der Waals surface area contributed by atoms with Crippen molar-refractivity contribution in [1.29, 1.82) is 0 Å². The van der Waals surface area contributed by atoms with Crippen molar-refractivity contribution < 1.29 is 13.5 Å². The van der Waals surface area contributed by atoms with Gasteiger partial charge in [-0.2, -0.15) is 0 Å². The molecule has 2 nitrogen and oxygen atoms in total. The Bertz CT molecular complexity index is 354. The first-order chi connectivity index (χ1) is 8.37. The molecule has 0 aromatic heterocycles. The topological polar surface area (TPSA) is 21.3 Å². The van der Waals surface area contributed by atoms with Crippen molar-refractivity contribution in [2.75, 3.05) is 19.7 Å². The maximum Gasteiger partial charge on any atom is 0.129 e. The maximum absolute atomic E-state index is 12.9. The van der Waals surface area contributed by atoms with Gasteiger partial charge in [0.25, 0.3) is 0 Å². The monoisotopic (exact) mass is 257 g/mol. The summed E-state index contributed by atoms with van der Waals surface area (Å²) in [6.07, 6.45) is 1.07. The Morgan fingerprint density at radius 1 is 1.06 bits per heavy atom. The summed E-state index contributed by atoms with van der Waals surface area (Å²) in [7, 11) is 0. The average molecular weight is 257 g/mol. The third-order valence-corrected chi connectivity index (χ3v) is 2.44. The Balaban J connectivity index is 2.18. The van der Waals surface area contributed by atoms with E-state index in [1.165, 1.54) is 12.1 Å². The fourth-order valence-corrected chi connectivity index (χ4v) is 1.44. The second-order valence-electron chi connectivity index (χ2n) is 5.51. The molecule has 0 aliphatic carbocycles. The number of hydrogen-bond acceptors (Lipinski definition) is 2. The van der Waals surface area contributed by atoms with Gasteiger partial charge in [0.15, 0.2) is 0 Å². The van der Waals surface area contributed by atoms with Crippen molar-refractivity contribution in [2.24, 2.45) is 5.41 Å². The van der Waals surface area contributed by atoms with E-state index in [1.54, 1.807) is 0 Å². The van der Waals surface area contributed by atoms with Crippen LogP contribution >= 0.6 is 0 Å². The molecule has 0 saturated carbocycles. The molecule has 4 heteroatoms. The standard InChI is InChI=1S/C14H21F2NO/c1-14(2,3)4-5-17-6-7-18-13-9-11(15)8-12(16)10-13/h8-10,17H,4-7H2,1-3H3. The maximum atomic E-state index is 12.9. The van der Waals surface area contributed by atoms with Crippen LogP contribution < -0.4 is 10.1 Å². The van der Waals surface area contributed by atoms with Crippen molar-refractivity contribution in [3.05, 3.63) is 29.8 Å². The quantitative estimate of drug-likeness (QED) is 0.789. The second-order valence-corrected chi connectivity index (χ2v) is 5.51. The smallest absolute Gasteiger partial charge is 0.129 e. The van der Waals surface area contributed by atoms with Crippen molar-refractivity contribution in [2.45, 2.75) is 27.2 Å². The van der Waals surface area contributed by atoms with E-state index in [1.807, 2.05) is 0 Å². The van der Waals surface area contributed by atoms with E-state index < -0.39 is 11.6 Å². The highest BCUT2D eigenvalue weighted by atomic mass is 19.1. The Labute approximate surface area is 107 Å². The number of hydrogen-bond donors (Lipinski definition) is 1. The number of halogens is 2. The van der Waals surface area contributed by atoms with Gasteiger partial charge in [-0.15, -0.1) is 0 Å². The molecule has 0 amide bonds. The van der Waals surface area contributed by atoms with Crippen LogP contribution in [-0.4, -0.2) is 19.7 Å². The van der Waals surface area contributed by atoms with Crippen LogP contribution in [0.4, 0.5) is 8.78 Å². The summed E-state index contributed by atoms with van der Waals surface area (Å²) in [6.45, 7) is 8.51. The molecule has 1 N–H and O–H groups in total. The van der Waals surface area contributed by atoms with Gasteiger partial charge < -0.3 is 10.1 Å². The van der Waals surface area contributed by atoms with Crippen molar-refractivity contribution in [3.8, 4) is 5.75 Å². The van der Waals surface area contributed by atoms with Crippen molar-refractivity contribution >= 4 is 0 Å². The molecule has 0 aliphatic heterocycles. The minimum Gasteiger partial charge on any atom is -0.492 e. The molecular weight excluding hydrogens is 236 g/mol. The van der Waals surface area contributed by atoms with Crippen LogP contribution in [0.2, 0.25) is 0 Å². The zero-order valence-electron chi connectivity index (χ0n) is 11.2. The summed E-state index contributed by atoms with van der Waals surface area (Å²) >= 11 is 0. The third-order valence-electron chi connectivity index (χ3n) is 2.44. The first-order valence-electron chi connectivity index (χ1n) is 6.16. The van der Waals surface area contributed by atoms with Crippen LogP contribution in [0.25, 0.3) is 0 Å². The predicted molar refractivity (Wildman–Crippen MR) is 68.8 cm³/mol. The fraction of sp³-hybridized carbons (Fsp3) is 0.571. The SMILES string of the molecule is CC(C)(C)CCNCCOc1cc(F)cc(F)c1. The van der Waals surface area contributed by atoms with E-state index in [0.29, 0.717) is 18.6 Å². The van der Waals surface area contributed by atoms with Crippen molar-refractivity contribution in [3.63, 3.8) is 0 Å². The number of nitrogens with one attached hydrogen (secondary N) is 1. The van der Waals surface area contributed by atoms with Gasteiger partial charge in [-0.05, 0) is 18.4 Å². The van der Waals surface area contributed by atoms with E-state index in [9.17, 15) is 8.78 Å². The lowest BCUT2D eigenvalue weighted by Crippen LogP contribution is -2.25. The minimum absolute atomic E-state index is 0.227. The zero-order chi connectivity index (χ0) is 13.6. The van der Waals surface area contributed by atoms with E-state index in [4.69, 9.17) is 4.74 Å². The molecule has 0 heterocycles. The van der Waals surface area contributed by atoms with E-state index in [-0.39, 0.29) is 5.75 Å². The Morgan fingerprint density at radius 2 is 1.67 bits per heavy atom. The summed E-state index contributed by atoms with van der Waals surface area (Å²) in [6, 6.07) is 3.19. The summed E-state index contributed by atoms with van der Waals surface area (Å²) in [5.74, 6) is -1.01. The first kappa shape index (κ1) is 14.9. The Hall–Kier alpha value is -1.16. The molecule has 0 unspecified atom stereocenters. The first-order valence-corrected chi connectivity index (χ1v) is 6.16. The van der Waals surface area contributed by atoms with Crippen LogP contribution in [0, 0.1) is 17.0 Å². The summed E-state index contributed by atoms with van der Waals surface area (Å²) < 4.78 is 31.0. The van der Waals surface area contributed by atoms with E-state index in [2.05, 4.69) is 26.1 Å². The number of rotatable bonds is 6. The Morgan fingerprint density at radius 3 is 2.22 bits per heavy atom. The van der Waals surface area contributed by atoms with Crippen LogP contribution in [0.5, 0.6) is 5.75 Å². The van der Waals surface area contributed by atoms with Gasteiger partial charge in [-0.25, -0.2) is 8.78 Å². The summed E-state index contributed by atoms with van der Waals surface area (Å²) in [5.41, 5.74) is 0.305. The molecule has 102 valence electrons. The molecule has 1 aromatic rings. The minimum atomic E-state index is -0.620. The molecule has 0 spiro atoms. The molecule has 1 aromatic carbocycles. The normalized spacial score (nSPS) is 11.6. The van der Waals surface area contributed by atoms with Crippen LogP contribution in [0.15, 0.2) is 18.2 Å². The van der Waals surface area contributed by atoms with Gasteiger partial charge >= 0.3 is 0 Å². The highest BCUT2D eigenvalue weighted by molar-refractivity contribution is 5.23. The summed E-state index contributed by atoms with van der Waals surface area (Å²) in [4.78, 5) is 0. The van der Waals surface area contributed by atoms with Crippen molar-refractivity contribution in [1.82, 2.24) is 5.32 Å². The Kier molecular flexibility index (Phi) is 5.54. The van der Waals surface area contributed by atoms with Crippen LogP contribution in [-0.2, 0) is 0 Å². The van der Waals surface area contributed by atoms with Gasteiger partial charge in [0.1, 0.15) is 24.0 Å². The van der Waals surface area contributed by atoms with E-state index >= 15 is 0 Å². The predicted octanol–water partition coefficient (Wildman–Crippen LogP) is 3.37. The molecule has 0 aliphatic rings.